The van der Waals surface area contributed by atoms with Crippen molar-refractivity contribution in [3.8, 4) is 17.1 Å². The number of carbonyl (C=O) groups excluding carboxylic acids is 2. The molecule has 0 aliphatic carbocycles. The average molecular weight is 636 g/mol. The molecule has 2 aliphatic rings. The molecule has 5 rings (SSSR count). The predicted molar refractivity (Wildman–Crippen MR) is 171 cm³/mol. The number of fused-ring (bicyclic) bond motifs is 4. The van der Waals surface area contributed by atoms with Crippen molar-refractivity contribution in [3.63, 3.8) is 0 Å². The fourth-order valence-corrected chi connectivity index (χ4v) is 6.73. The summed E-state index contributed by atoms with van der Waals surface area (Å²) in [5, 5.41) is 0. The summed E-state index contributed by atoms with van der Waals surface area (Å²) in [7, 11) is -4.17. The van der Waals surface area contributed by atoms with Crippen LogP contribution >= 0.6 is 0 Å². The van der Waals surface area contributed by atoms with Crippen molar-refractivity contribution in [2.75, 3.05) is 24.4 Å². The Kier molecular flexibility index (Phi) is 8.81. The molecular formula is C33H41N5O6S. The van der Waals surface area contributed by atoms with Crippen molar-refractivity contribution < 1.29 is 27.5 Å². The lowest BCUT2D eigenvalue weighted by Gasteiger charge is -2.48. The summed E-state index contributed by atoms with van der Waals surface area (Å²) in [6, 6.07) is 12.8. The molecule has 3 aromatic rings. The largest absolute Gasteiger partial charge is 0.475 e. The first kappa shape index (κ1) is 32.2. The number of nitrogens with zero attached hydrogens (tertiary/aromatic N) is 4. The van der Waals surface area contributed by atoms with Crippen molar-refractivity contribution in [3.05, 3.63) is 65.2 Å². The van der Waals surface area contributed by atoms with Crippen molar-refractivity contribution in [2.45, 2.75) is 77.5 Å². The molecule has 2 aromatic carbocycles. The van der Waals surface area contributed by atoms with E-state index in [1.165, 1.54) is 12.1 Å². The topological polar surface area (TPSA) is 131 Å². The second-order valence-electron chi connectivity index (χ2n) is 13.2. The average Bonchev–Trinajstić information content (AvgIpc) is 2.90. The first-order valence-electron chi connectivity index (χ1n) is 15.1. The van der Waals surface area contributed by atoms with Gasteiger partial charge in [-0.05, 0) is 76.3 Å². The summed E-state index contributed by atoms with van der Waals surface area (Å²) in [6.45, 7) is 14.1. The molecular weight excluding hydrogens is 594 g/mol. The van der Waals surface area contributed by atoms with Crippen LogP contribution < -0.4 is 9.46 Å². The van der Waals surface area contributed by atoms with Crippen LogP contribution in [-0.2, 0) is 14.8 Å². The minimum Gasteiger partial charge on any atom is -0.475 e. The number of anilines is 1. The van der Waals surface area contributed by atoms with Gasteiger partial charge in [-0.3, -0.25) is 4.79 Å². The number of sulfonamides is 1. The fourth-order valence-electron chi connectivity index (χ4n) is 5.74. The molecule has 0 unspecified atom stereocenters. The normalized spacial score (nSPS) is 18.6. The number of ether oxygens (including phenoxy) is 2. The van der Waals surface area contributed by atoms with E-state index in [-0.39, 0.29) is 59.9 Å². The lowest BCUT2D eigenvalue weighted by atomic mass is 9.97. The summed E-state index contributed by atoms with van der Waals surface area (Å²) < 4.78 is 41.5. The van der Waals surface area contributed by atoms with E-state index in [2.05, 4.69) is 28.5 Å². The number of aromatic nitrogens is 2. The maximum absolute atomic E-state index is 14.2. The van der Waals surface area contributed by atoms with Gasteiger partial charge in [0.25, 0.3) is 15.9 Å². The number of rotatable bonds is 4. The third-order valence-electron chi connectivity index (χ3n) is 7.76. The molecule has 1 atom stereocenters. The molecule has 4 bridgehead atoms. The van der Waals surface area contributed by atoms with Gasteiger partial charge in [-0.2, -0.15) is 4.98 Å². The number of hydrogen-bond donors (Lipinski definition) is 1. The van der Waals surface area contributed by atoms with Crippen molar-refractivity contribution in [1.29, 1.82) is 0 Å². The summed E-state index contributed by atoms with van der Waals surface area (Å²) >= 11 is 0. The van der Waals surface area contributed by atoms with Gasteiger partial charge >= 0.3 is 6.09 Å². The van der Waals surface area contributed by atoms with Crippen LogP contribution in [0.3, 0.4) is 0 Å². The van der Waals surface area contributed by atoms with Crippen LogP contribution in [0.2, 0.25) is 0 Å². The summed E-state index contributed by atoms with van der Waals surface area (Å²) in [5.74, 6) is -0.101. The molecule has 1 fully saturated rings. The van der Waals surface area contributed by atoms with Crippen LogP contribution in [0.15, 0.2) is 53.4 Å². The Labute approximate surface area is 265 Å². The lowest BCUT2D eigenvalue weighted by Crippen LogP contribution is -2.65. The standard InChI is InChI=1S/C33H41N5O6S/c1-20(2)14-24-19-43-28-16-27(29-21(3)10-8-11-22(29)4)34-31(35-28)36-45(41,42)26-13-9-12-23(15-26)30(39)38(24)25-17-37(18-25)32(40)44-33(5,6)7/h8-13,15-16,20,24-25H,14,17-19H2,1-7H3,(H,34,35,36)/t24-/m1/s1. The zero-order valence-electron chi connectivity index (χ0n) is 26.8. The maximum Gasteiger partial charge on any atom is 0.410 e. The highest BCUT2D eigenvalue weighted by Crippen LogP contribution is 2.31. The highest BCUT2D eigenvalue weighted by atomic mass is 32.2. The first-order valence-corrected chi connectivity index (χ1v) is 16.6. The van der Waals surface area contributed by atoms with E-state index in [9.17, 15) is 18.0 Å². The predicted octanol–water partition coefficient (Wildman–Crippen LogP) is 5.43. The monoisotopic (exact) mass is 635 g/mol. The molecule has 240 valence electrons. The molecule has 11 nitrogen and oxygen atoms in total. The van der Waals surface area contributed by atoms with E-state index in [1.54, 1.807) is 48.8 Å². The van der Waals surface area contributed by atoms with Crippen molar-refractivity contribution in [1.82, 2.24) is 19.8 Å². The summed E-state index contributed by atoms with van der Waals surface area (Å²) in [4.78, 5) is 39.2. The minimum absolute atomic E-state index is 0.0968. The Morgan fingerprint density at radius 2 is 1.73 bits per heavy atom. The van der Waals surface area contributed by atoms with Crippen LogP contribution in [0, 0.1) is 19.8 Å². The summed E-state index contributed by atoms with van der Waals surface area (Å²) in [5.41, 5.74) is 2.86. The Morgan fingerprint density at radius 1 is 1.07 bits per heavy atom. The van der Waals surface area contributed by atoms with E-state index in [0.717, 1.165) is 16.7 Å². The third kappa shape index (κ3) is 7.22. The fraction of sp³-hybridized carbons (Fsp3) is 0.455. The zero-order chi connectivity index (χ0) is 32.7. The molecule has 3 heterocycles. The molecule has 2 amide bonds. The maximum atomic E-state index is 14.2. The van der Waals surface area contributed by atoms with Crippen molar-refractivity contribution in [2.24, 2.45) is 5.92 Å². The van der Waals surface area contributed by atoms with Gasteiger partial charge in [0.2, 0.25) is 11.8 Å². The van der Waals surface area contributed by atoms with Crippen molar-refractivity contribution >= 4 is 28.0 Å². The smallest absolute Gasteiger partial charge is 0.410 e. The number of likely N-dealkylation sites (tertiary alicyclic amines) is 1. The molecule has 1 aromatic heterocycles. The Balaban J connectivity index is 1.58. The second-order valence-corrected chi connectivity index (χ2v) is 14.8. The molecule has 0 saturated carbocycles. The van der Waals surface area contributed by atoms with Crippen LogP contribution in [0.25, 0.3) is 11.3 Å². The number of hydrogen-bond acceptors (Lipinski definition) is 8. The Morgan fingerprint density at radius 3 is 2.38 bits per heavy atom. The number of amides is 2. The van der Waals surface area contributed by atoms with E-state index >= 15 is 0 Å². The van der Waals surface area contributed by atoms with E-state index in [0.29, 0.717) is 12.1 Å². The lowest BCUT2D eigenvalue weighted by molar-refractivity contribution is -0.0258. The van der Waals surface area contributed by atoms with Gasteiger partial charge in [0.1, 0.15) is 12.2 Å². The molecule has 1 N–H and O–H groups in total. The molecule has 0 spiro atoms. The van der Waals surface area contributed by atoms with E-state index in [4.69, 9.17) is 9.47 Å². The molecule has 0 radical (unpaired) electrons. The van der Waals surface area contributed by atoms with Crippen LogP contribution in [0.5, 0.6) is 5.88 Å². The van der Waals surface area contributed by atoms with E-state index in [1.807, 2.05) is 32.0 Å². The van der Waals surface area contributed by atoms with Gasteiger partial charge in [0, 0.05) is 30.3 Å². The first-order chi connectivity index (χ1) is 21.1. The molecule has 2 aliphatic heterocycles. The van der Waals surface area contributed by atoms with Crippen LogP contribution in [0.1, 0.15) is 62.5 Å². The molecule has 1 saturated heterocycles. The van der Waals surface area contributed by atoms with Gasteiger partial charge < -0.3 is 19.3 Å². The third-order valence-corrected chi connectivity index (χ3v) is 9.09. The number of aryl methyl sites for hydroxylation is 2. The van der Waals surface area contributed by atoms with Gasteiger partial charge in [0.15, 0.2) is 0 Å². The second kappa shape index (κ2) is 12.3. The van der Waals surface area contributed by atoms with Gasteiger partial charge in [0.05, 0.1) is 22.7 Å². The van der Waals surface area contributed by atoms with Gasteiger partial charge in [-0.15, -0.1) is 0 Å². The minimum atomic E-state index is -4.17. The number of carbonyl (C=O) groups is 2. The SMILES string of the molecule is Cc1cccc(C)c1-c1cc2nc(n1)NS(=O)(=O)c1cccc(c1)C(=O)N(C1CN(C(=O)OC(C)(C)C)C1)[C@H](CC(C)C)CO2. The zero-order valence-corrected chi connectivity index (χ0v) is 27.6. The Hall–Kier alpha value is -4.19. The molecule has 12 heteroatoms. The van der Waals surface area contributed by atoms with Gasteiger partial charge in [-0.25, -0.2) is 22.9 Å². The van der Waals surface area contributed by atoms with Crippen LogP contribution in [-0.4, -0.2) is 77.6 Å². The Bertz CT molecular complexity index is 1690. The number of nitrogens with one attached hydrogen (secondary N) is 1. The summed E-state index contributed by atoms with van der Waals surface area (Å²) in [6.07, 6.45) is 0.160. The van der Waals surface area contributed by atoms with Gasteiger partial charge in [-0.1, -0.05) is 38.1 Å². The number of benzene rings is 2. The quantitative estimate of drug-likeness (QED) is 0.402. The van der Waals surface area contributed by atoms with E-state index < -0.39 is 27.8 Å². The molecule has 45 heavy (non-hydrogen) atoms. The highest BCUT2D eigenvalue weighted by Gasteiger charge is 2.42. The highest BCUT2D eigenvalue weighted by molar-refractivity contribution is 7.92. The van der Waals surface area contributed by atoms with Crippen LogP contribution in [0.4, 0.5) is 10.7 Å².